The molecule has 0 spiro atoms. The summed E-state index contributed by atoms with van der Waals surface area (Å²) in [5, 5.41) is 3.40. The van der Waals surface area contributed by atoms with E-state index in [1.807, 2.05) is 0 Å². The van der Waals surface area contributed by atoms with Crippen molar-refractivity contribution in [2.24, 2.45) is 0 Å². The fourth-order valence-electron chi connectivity index (χ4n) is 2.00. The second-order valence-corrected chi connectivity index (χ2v) is 5.89. The average Bonchev–Trinajstić information content (AvgIpc) is 2.46. The highest BCUT2D eigenvalue weighted by Gasteiger charge is 2.12. The van der Waals surface area contributed by atoms with Gasteiger partial charge in [-0.1, -0.05) is 37.6 Å². The maximum absolute atomic E-state index is 4.71. The molecule has 0 bridgehead atoms. The Morgan fingerprint density at radius 3 is 2.65 bits per heavy atom. The minimum absolute atomic E-state index is 0.810. The third-order valence-corrected chi connectivity index (χ3v) is 4.21. The molecule has 0 atom stereocenters. The Bertz CT molecular complexity index is 596. The smallest absolute Gasteiger partial charge is 0.161 e. The summed E-state index contributed by atoms with van der Waals surface area (Å²) in [6, 6.07) is 8.34. The Balaban J connectivity index is 2.48. The maximum Gasteiger partial charge on any atom is 0.161 e. The van der Waals surface area contributed by atoms with E-state index in [-0.39, 0.29) is 0 Å². The Hall–Kier alpha value is -1.17. The minimum atomic E-state index is 0.810. The van der Waals surface area contributed by atoms with Crippen LogP contribution in [-0.4, -0.2) is 16.5 Å². The molecule has 1 N–H and O–H groups in total. The molecule has 1 heterocycles. The molecule has 0 radical (unpaired) electrons. The third kappa shape index (κ3) is 3.48. The lowest BCUT2D eigenvalue weighted by atomic mass is 10.1. The molecular weight excluding hydrogens is 361 g/mol. The van der Waals surface area contributed by atoms with Gasteiger partial charge in [0.25, 0.3) is 0 Å². The van der Waals surface area contributed by atoms with Gasteiger partial charge >= 0.3 is 0 Å². The summed E-state index contributed by atoms with van der Waals surface area (Å²) in [6.45, 7) is 7.31. The molecule has 0 aliphatic rings. The molecule has 0 aliphatic heterocycles. The van der Waals surface area contributed by atoms with Crippen molar-refractivity contribution in [3.63, 3.8) is 0 Å². The summed E-state index contributed by atoms with van der Waals surface area (Å²) in [5.74, 6) is 1.76. The van der Waals surface area contributed by atoms with Crippen LogP contribution in [0, 0.1) is 10.5 Å². The van der Waals surface area contributed by atoms with Crippen LogP contribution in [0.15, 0.2) is 24.3 Å². The zero-order valence-electron chi connectivity index (χ0n) is 12.2. The highest BCUT2D eigenvalue weighted by atomic mass is 127. The van der Waals surface area contributed by atoms with Crippen LogP contribution < -0.4 is 5.32 Å². The van der Waals surface area contributed by atoms with Crippen LogP contribution in [0.2, 0.25) is 0 Å². The largest absolute Gasteiger partial charge is 0.369 e. The molecule has 0 unspecified atom stereocenters. The number of hydrogen-bond donors (Lipinski definition) is 1. The number of benzene rings is 1. The molecule has 0 saturated carbocycles. The highest BCUT2D eigenvalue weighted by Crippen LogP contribution is 2.25. The van der Waals surface area contributed by atoms with E-state index < -0.39 is 0 Å². The summed E-state index contributed by atoms with van der Waals surface area (Å²) < 4.78 is 1.13. The van der Waals surface area contributed by atoms with Crippen molar-refractivity contribution >= 4 is 28.4 Å². The fourth-order valence-corrected chi connectivity index (χ4v) is 2.81. The van der Waals surface area contributed by atoms with Crippen LogP contribution >= 0.6 is 22.6 Å². The van der Waals surface area contributed by atoms with E-state index >= 15 is 0 Å². The van der Waals surface area contributed by atoms with Gasteiger partial charge in [0.05, 0.1) is 9.26 Å². The minimum Gasteiger partial charge on any atom is -0.369 e. The summed E-state index contributed by atoms with van der Waals surface area (Å²) in [4.78, 5) is 9.41. The Kier molecular flexibility index (Phi) is 5.34. The molecule has 20 heavy (non-hydrogen) atoms. The molecule has 1 aromatic carbocycles. The second kappa shape index (κ2) is 7.02. The van der Waals surface area contributed by atoms with Gasteiger partial charge in [-0.15, -0.1) is 0 Å². The quantitative estimate of drug-likeness (QED) is 0.779. The van der Waals surface area contributed by atoms with Crippen molar-refractivity contribution in [3.8, 4) is 11.4 Å². The van der Waals surface area contributed by atoms with Crippen molar-refractivity contribution in [1.29, 1.82) is 0 Å². The van der Waals surface area contributed by atoms with E-state index in [1.54, 1.807) is 0 Å². The van der Waals surface area contributed by atoms with Gasteiger partial charge in [0.15, 0.2) is 5.82 Å². The first-order valence-electron chi connectivity index (χ1n) is 7.03. The first kappa shape index (κ1) is 15.2. The number of anilines is 1. The predicted molar refractivity (Wildman–Crippen MR) is 93.1 cm³/mol. The normalized spacial score (nSPS) is 10.6. The van der Waals surface area contributed by atoms with Crippen LogP contribution in [-0.2, 0) is 6.42 Å². The standard InChI is InChI=1S/C16H20IN3/c1-4-9-18-16-14(17)13(5-2)19-15(20-16)12-8-6-7-11(3)10-12/h6-8,10H,4-5,9H2,1-3H3,(H,18,19,20). The summed E-state index contributed by atoms with van der Waals surface area (Å²) in [5.41, 5.74) is 3.41. The van der Waals surface area contributed by atoms with E-state index in [4.69, 9.17) is 9.97 Å². The lowest BCUT2D eigenvalue weighted by Gasteiger charge is -2.12. The number of halogens is 1. The number of hydrogen-bond acceptors (Lipinski definition) is 3. The molecule has 2 rings (SSSR count). The van der Waals surface area contributed by atoms with E-state index in [1.165, 1.54) is 5.56 Å². The van der Waals surface area contributed by atoms with Gasteiger partial charge in [0.2, 0.25) is 0 Å². The average molecular weight is 381 g/mol. The predicted octanol–water partition coefficient (Wildman–Crippen LogP) is 4.44. The third-order valence-electron chi connectivity index (χ3n) is 3.07. The molecule has 3 nitrogen and oxygen atoms in total. The Morgan fingerprint density at radius 2 is 2.00 bits per heavy atom. The molecule has 0 amide bonds. The van der Waals surface area contributed by atoms with Gasteiger partial charge in [0.1, 0.15) is 5.82 Å². The lowest BCUT2D eigenvalue weighted by Crippen LogP contribution is -2.08. The molecule has 0 saturated heterocycles. The van der Waals surface area contributed by atoms with Crippen molar-refractivity contribution in [3.05, 3.63) is 39.1 Å². The monoisotopic (exact) mass is 381 g/mol. The number of aryl methyl sites for hydroxylation is 2. The van der Waals surface area contributed by atoms with Crippen molar-refractivity contribution in [2.45, 2.75) is 33.6 Å². The van der Waals surface area contributed by atoms with Crippen LogP contribution in [0.5, 0.6) is 0 Å². The molecule has 1 aromatic heterocycles. The van der Waals surface area contributed by atoms with E-state index in [9.17, 15) is 0 Å². The van der Waals surface area contributed by atoms with Crippen molar-refractivity contribution in [2.75, 3.05) is 11.9 Å². The zero-order valence-corrected chi connectivity index (χ0v) is 14.4. The molecule has 106 valence electrons. The SMILES string of the molecule is CCCNc1nc(-c2cccc(C)c2)nc(CC)c1I. The van der Waals surface area contributed by atoms with Gasteiger partial charge in [0, 0.05) is 12.1 Å². The van der Waals surface area contributed by atoms with Crippen LogP contribution in [0.4, 0.5) is 5.82 Å². The van der Waals surface area contributed by atoms with Crippen molar-refractivity contribution in [1.82, 2.24) is 9.97 Å². The number of aromatic nitrogens is 2. The molecule has 0 fully saturated rings. The van der Waals surface area contributed by atoms with E-state index in [0.717, 1.165) is 45.9 Å². The highest BCUT2D eigenvalue weighted by molar-refractivity contribution is 14.1. The van der Waals surface area contributed by atoms with E-state index in [0.29, 0.717) is 0 Å². The van der Waals surface area contributed by atoms with Crippen LogP contribution in [0.1, 0.15) is 31.5 Å². The molecular formula is C16H20IN3. The Morgan fingerprint density at radius 1 is 1.20 bits per heavy atom. The van der Waals surface area contributed by atoms with Gasteiger partial charge in [-0.25, -0.2) is 9.97 Å². The van der Waals surface area contributed by atoms with Gasteiger partial charge in [-0.05, 0) is 48.4 Å². The molecule has 0 aliphatic carbocycles. The maximum atomic E-state index is 4.71. The van der Waals surface area contributed by atoms with Crippen molar-refractivity contribution < 1.29 is 0 Å². The lowest BCUT2D eigenvalue weighted by molar-refractivity contribution is 0.943. The number of nitrogens with zero attached hydrogens (tertiary/aromatic N) is 2. The summed E-state index contributed by atoms with van der Waals surface area (Å²) in [6.07, 6.45) is 2.00. The molecule has 4 heteroatoms. The first-order valence-corrected chi connectivity index (χ1v) is 8.10. The Labute approximate surface area is 134 Å². The van der Waals surface area contributed by atoms with Crippen LogP contribution in [0.25, 0.3) is 11.4 Å². The zero-order chi connectivity index (χ0) is 14.5. The van der Waals surface area contributed by atoms with Crippen LogP contribution in [0.3, 0.4) is 0 Å². The van der Waals surface area contributed by atoms with Gasteiger partial charge in [-0.2, -0.15) is 0 Å². The van der Waals surface area contributed by atoms with Gasteiger partial charge < -0.3 is 5.32 Å². The van der Waals surface area contributed by atoms with E-state index in [2.05, 4.69) is 72.9 Å². The summed E-state index contributed by atoms with van der Waals surface area (Å²) in [7, 11) is 0. The topological polar surface area (TPSA) is 37.8 Å². The van der Waals surface area contributed by atoms with Gasteiger partial charge in [-0.3, -0.25) is 0 Å². The summed E-state index contributed by atoms with van der Waals surface area (Å²) >= 11 is 2.34. The number of rotatable bonds is 5. The molecule has 2 aromatic rings. The fraction of sp³-hybridized carbons (Fsp3) is 0.375. The first-order chi connectivity index (χ1) is 9.65. The second-order valence-electron chi connectivity index (χ2n) is 4.81. The number of nitrogens with one attached hydrogen (secondary N) is 1.